The standard InChI is InChI=1S/C19H26F3N5O/c1-3-23-18(24-9-8-17-11-26-27(2)12-17)25-10-15-4-6-16(7-5-15)13-28-14-19(20,21)22/h4-7,11-12H,3,8-10,13-14H2,1-2H3,(H2,23,24,25). The number of hydrogen-bond donors (Lipinski definition) is 2. The van der Waals surface area contributed by atoms with Crippen molar-refractivity contribution in [1.29, 1.82) is 0 Å². The van der Waals surface area contributed by atoms with Gasteiger partial charge < -0.3 is 15.4 Å². The van der Waals surface area contributed by atoms with E-state index in [-0.39, 0.29) is 6.61 Å². The number of ether oxygens (including phenoxy) is 1. The molecule has 1 aromatic heterocycles. The summed E-state index contributed by atoms with van der Waals surface area (Å²) < 4.78 is 42.7. The molecule has 0 bridgehead atoms. The van der Waals surface area contributed by atoms with Crippen LogP contribution in [0.4, 0.5) is 13.2 Å². The Hall–Kier alpha value is -2.55. The third-order valence-electron chi connectivity index (χ3n) is 3.79. The zero-order valence-corrected chi connectivity index (χ0v) is 16.1. The van der Waals surface area contributed by atoms with Crippen molar-refractivity contribution in [3.8, 4) is 0 Å². The SMILES string of the molecule is CCNC(=NCc1ccc(COCC(F)(F)F)cc1)NCCc1cnn(C)c1. The van der Waals surface area contributed by atoms with E-state index in [2.05, 4.69) is 25.5 Å². The van der Waals surface area contributed by atoms with Crippen LogP contribution in [-0.2, 0) is 31.4 Å². The minimum absolute atomic E-state index is 0.0679. The fourth-order valence-corrected chi connectivity index (χ4v) is 2.46. The number of benzene rings is 1. The monoisotopic (exact) mass is 397 g/mol. The van der Waals surface area contributed by atoms with Crippen molar-refractivity contribution in [2.24, 2.45) is 12.0 Å². The summed E-state index contributed by atoms with van der Waals surface area (Å²) in [5.74, 6) is 0.712. The van der Waals surface area contributed by atoms with Gasteiger partial charge in [0.05, 0.1) is 19.3 Å². The van der Waals surface area contributed by atoms with E-state index in [4.69, 9.17) is 0 Å². The van der Waals surface area contributed by atoms with E-state index in [0.29, 0.717) is 18.1 Å². The maximum absolute atomic E-state index is 12.1. The van der Waals surface area contributed by atoms with Gasteiger partial charge in [0, 0.05) is 26.3 Å². The lowest BCUT2D eigenvalue weighted by atomic mass is 10.1. The first kappa shape index (κ1) is 21.7. The van der Waals surface area contributed by atoms with Crippen molar-refractivity contribution in [1.82, 2.24) is 20.4 Å². The quantitative estimate of drug-likeness (QED) is 0.505. The predicted molar refractivity (Wildman–Crippen MR) is 102 cm³/mol. The van der Waals surface area contributed by atoms with Gasteiger partial charge >= 0.3 is 6.18 Å². The average Bonchev–Trinajstić information content (AvgIpc) is 3.05. The van der Waals surface area contributed by atoms with Crippen molar-refractivity contribution in [2.75, 3.05) is 19.7 Å². The predicted octanol–water partition coefficient (Wildman–Crippen LogP) is 2.80. The summed E-state index contributed by atoms with van der Waals surface area (Å²) >= 11 is 0. The van der Waals surface area contributed by atoms with Gasteiger partial charge in [-0.2, -0.15) is 18.3 Å². The number of rotatable bonds is 9. The Balaban J connectivity index is 1.80. The number of nitrogens with zero attached hydrogens (tertiary/aromatic N) is 3. The van der Waals surface area contributed by atoms with Crippen molar-refractivity contribution in [3.05, 3.63) is 53.3 Å². The van der Waals surface area contributed by atoms with Gasteiger partial charge in [0.15, 0.2) is 5.96 Å². The van der Waals surface area contributed by atoms with Crippen LogP contribution in [0.15, 0.2) is 41.7 Å². The summed E-state index contributed by atoms with van der Waals surface area (Å²) in [5, 5.41) is 10.6. The molecule has 2 rings (SSSR count). The van der Waals surface area contributed by atoms with Crippen molar-refractivity contribution in [2.45, 2.75) is 32.7 Å². The molecule has 154 valence electrons. The van der Waals surface area contributed by atoms with Crippen LogP contribution in [0.3, 0.4) is 0 Å². The molecule has 0 atom stereocenters. The number of aliphatic imine (C=N–C) groups is 1. The number of halogens is 3. The zero-order chi connectivity index (χ0) is 20.4. The Kier molecular flexibility index (Phi) is 8.31. The van der Waals surface area contributed by atoms with E-state index in [9.17, 15) is 13.2 Å². The minimum Gasteiger partial charge on any atom is -0.367 e. The van der Waals surface area contributed by atoms with E-state index in [0.717, 1.165) is 30.6 Å². The van der Waals surface area contributed by atoms with Gasteiger partial charge in [-0.3, -0.25) is 4.68 Å². The lowest BCUT2D eigenvalue weighted by Crippen LogP contribution is -2.38. The van der Waals surface area contributed by atoms with E-state index in [1.54, 1.807) is 16.8 Å². The number of aryl methyl sites for hydroxylation is 1. The summed E-state index contributed by atoms with van der Waals surface area (Å²) in [6.07, 6.45) is 0.351. The third kappa shape index (κ3) is 8.43. The van der Waals surface area contributed by atoms with E-state index < -0.39 is 12.8 Å². The van der Waals surface area contributed by atoms with Crippen LogP contribution in [0.1, 0.15) is 23.6 Å². The number of alkyl halides is 3. The van der Waals surface area contributed by atoms with Gasteiger partial charge in [-0.05, 0) is 30.0 Å². The molecule has 0 aliphatic heterocycles. The smallest absolute Gasteiger partial charge is 0.367 e. The molecule has 0 spiro atoms. The largest absolute Gasteiger partial charge is 0.411 e. The summed E-state index contributed by atoms with van der Waals surface area (Å²) in [6, 6.07) is 7.19. The van der Waals surface area contributed by atoms with Gasteiger partial charge in [-0.1, -0.05) is 24.3 Å². The molecule has 0 radical (unpaired) electrons. The molecule has 0 saturated heterocycles. The second-order valence-corrected chi connectivity index (χ2v) is 6.32. The molecule has 2 N–H and O–H groups in total. The molecule has 6 nitrogen and oxygen atoms in total. The first-order chi connectivity index (χ1) is 13.4. The van der Waals surface area contributed by atoms with Crippen molar-refractivity contribution in [3.63, 3.8) is 0 Å². The van der Waals surface area contributed by atoms with Crippen LogP contribution in [0.2, 0.25) is 0 Å². The molecule has 1 heterocycles. The maximum Gasteiger partial charge on any atom is 0.411 e. The van der Waals surface area contributed by atoms with Crippen LogP contribution in [0, 0.1) is 0 Å². The van der Waals surface area contributed by atoms with E-state index in [1.807, 2.05) is 38.5 Å². The van der Waals surface area contributed by atoms with Gasteiger partial charge in [-0.25, -0.2) is 4.99 Å². The second kappa shape index (κ2) is 10.7. The molecule has 0 saturated carbocycles. The highest BCUT2D eigenvalue weighted by Crippen LogP contribution is 2.16. The molecule has 0 unspecified atom stereocenters. The highest BCUT2D eigenvalue weighted by molar-refractivity contribution is 5.79. The summed E-state index contributed by atoms with van der Waals surface area (Å²) in [6.45, 7) is 2.62. The number of guanidine groups is 1. The molecule has 28 heavy (non-hydrogen) atoms. The highest BCUT2D eigenvalue weighted by atomic mass is 19.4. The third-order valence-corrected chi connectivity index (χ3v) is 3.79. The van der Waals surface area contributed by atoms with E-state index in [1.165, 1.54) is 0 Å². The Morgan fingerprint density at radius 2 is 1.86 bits per heavy atom. The second-order valence-electron chi connectivity index (χ2n) is 6.32. The van der Waals surface area contributed by atoms with Gasteiger partial charge in [0.25, 0.3) is 0 Å². The Morgan fingerprint density at radius 3 is 2.46 bits per heavy atom. The molecular weight excluding hydrogens is 371 g/mol. The average molecular weight is 397 g/mol. The number of aromatic nitrogens is 2. The van der Waals surface area contributed by atoms with Crippen LogP contribution < -0.4 is 10.6 Å². The zero-order valence-electron chi connectivity index (χ0n) is 16.1. The number of nitrogens with one attached hydrogen (secondary N) is 2. The summed E-state index contributed by atoms with van der Waals surface area (Å²) in [4.78, 5) is 4.54. The van der Waals surface area contributed by atoms with Gasteiger partial charge in [0.1, 0.15) is 6.61 Å². The molecule has 1 aromatic carbocycles. The fraction of sp³-hybridized carbons (Fsp3) is 0.474. The van der Waals surface area contributed by atoms with Crippen molar-refractivity contribution >= 4 is 5.96 Å². The minimum atomic E-state index is -4.30. The fourth-order valence-electron chi connectivity index (χ4n) is 2.46. The van der Waals surface area contributed by atoms with Crippen molar-refractivity contribution < 1.29 is 17.9 Å². The number of hydrogen-bond acceptors (Lipinski definition) is 3. The highest BCUT2D eigenvalue weighted by Gasteiger charge is 2.27. The molecule has 2 aromatic rings. The molecule has 0 fully saturated rings. The maximum atomic E-state index is 12.1. The molecule has 9 heteroatoms. The lowest BCUT2D eigenvalue weighted by molar-refractivity contribution is -0.176. The van der Waals surface area contributed by atoms with Gasteiger partial charge in [0.2, 0.25) is 0 Å². The Bertz CT molecular complexity index is 741. The van der Waals surface area contributed by atoms with Crippen LogP contribution in [0.25, 0.3) is 0 Å². The summed E-state index contributed by atoms with van der Waals surface area (Å²) in [5.41, 5.74) is 2.80. The summed E-state index contributed by atoms with van der Waals surface area (Å²) in [7, 11) is 1.89. The lowest BCUT2D eigenvalue weighted by Gasteiger charge is -2.11. The molecule has 0 aliphatic carbocycles. The molecule has 0 aliphatic rings. The molecular formula is C19H26F3N5O. The van der Waals surface area contributed by atoms with Crippen LogP contribution in [-0.4, -0.2) is 41.6 Å². The van der Waals surface area contributed by atoms with Gasteiger partial charge in [-0.15, -0.1) is 0 Å². The Morgan fingerprint density at radius 1 is 1.14 bits per heavy atom. The normalized spacial score (nSPS) is 12.2. The topological polar surface area (TPSA) is 63.5 Å². The van der Waals surface area contributed by atoms with Crippen LogP contribution >= 0.6 is 0 Å². The van der Waals surface area contributed by atoms with Crippen LogP contribution in [0.5, 0.6) is 0 Å². The Labute approximate surface area is 162 Å². The molecule has 0 amide bonds. The first-order valence-corrected chi connectivity index (χ1v) is 9.07. The first-order valence-electron chi connectivity index (χ1n) is 9.07. The van der Waals surface area contributed by atoms with E-state index >= 15 is 0 Å².